The molecule has 0 saturated carbocycles. The second-order valence-corrected chi connectivity index (χ2v) is 8.59. The van der Waals surface area contributed by atoms with Crippen LogP contribution in [0.4, 0.5) is 0 Å². The highest BCUT2D eigenvalue weighted by Crippen LogP contribution is 2.55. The molecule has 0 aliphatic heterocycles. The standard InChI is InChI=1S/C21H20Cl2O2S2/c1-24-21(25-2)19(22)17(26-13-15-9-5-3-6-10-15)18(20(21)23)27-14-16-11-7-4-8-12-16/h3-12H,13-14H2,1-2H3. The SMILES string of the molecule is COC1(OC)C(Cl)=C(SCc2ccccc2)C(SCc2ccccc2)=C1Cl. The van der Waals surface area contributed by atoms with Gasteiger partial charge >= 0.3 is 0 Å². The second kappa shape index (κ2) is 9.55. The first kappa shape index (κ1) is 20.8. The zero-order valence-electron chi connectivity index (χ0n) is 15.1. The molecule has 0 N–H and O–H groups in total. The van der Waals surface area contributed by atoms with E-state index in [1.165, 1.54) is 11.1 Å². The summed E-state index contributed by atoms with van der Waals surface area (Å²) in [7, 11) is 3.11. The van der Waals surface area contributed by atoms with Crippen LogP contribution >= 0.6 is 46.7 Å². The molecule has 0 radical (unpaired) electrons. The summed E-state index contributed by atoms with van der Waals surface area (Å²) in [6.45, 7) is 0. The molecule has 0 saturated heterocycles. The maximum Gasteiger partial charge on any atom is 0.245 e. The Morgan fingerprint density at radius 1 is 0.704 bits per heavy atom. The lowest BCUT2D eigenvalue weighted by molar-refractivity contribution is -0.138. The van der Waals surface area contributed by atoms with Crippen molar-refractivity contribution in [3.63, 3.8) is 0 Å². The van der Waals surface area contributed by atoms with Crippen LogP contribution in [0.15, 0.2) is 80.5 Å². The molecule has 2 aromatic carbocycles. The molecule has 1 aliphatic carbocycles. The second-order valence-electron chi connectivity index (χ2n) is 5.86. The van der Waals surface area contributed by atoms with Gasteiger partial charge in [0.05, 0.1) is 10.1 Å². The Bertz CT molecular complexity index is 764. The fraction of sp³-hybridized carbons (Fsp3) is 0.238. The predicted octanol–water partition coefficient (Wildman–Crippen LogP) is 6.76. The van der Waals surface area contributed by atoms with Gasteiger partial charge in [-0.3, -0.25) is 0 Å². The highest BCUT2D eigenvalue weighted by atomic mass is 35.5. The van der Waals surface area contributed by atoms with E-state index in [1.54, 1.807) is 37.7 Å². The number of benzene rings is 2. The number of ether oxygens (including phenoxy) is 2. The van der Waals surface area contributed by atoms with Gasteiger partial charge in [0.1, 0.15) is 0 Å². The fourth-order valence-electron chi connectivity index (χ4n) is 2.75. The lowest BCUT2D eigenvalue weighted by atomic mass is 10.2. The summed E-state index contributed by atoms with van der Waals surface area (Å²) in [5, 5.41) is 0.961. The Balaban J connectivity index is 1.87. The van der Waals surface area contributed by atoms with E-state index >= 15 is 0 Å². The fourth-order valence-corrected chi connectivity index (χ4v) is 6.28. The van der Waals surface area contributed by atoms with Gasteiger partial charge in [-0.15, -0.1) is 23.5 Å². The first-order valence-corrected chi connectivity index (χ1v) is 11.1. The molecule has 27 heavy (non-hydrogen) atoms. The molecule has 0 atom stereocenters. The van der Waals surface area contributed by atoms with Crippen molar-refractivity contribution < 1.29 is 9.47 Å². The van der Waals surface area contributed by atoms with E-state index < -0.39 is 5.79 Å². The average molecular weight is 439 g/mol. The first-order valence-electron chi connectivity index (χ1n) is 8.37. The van der Waals surface area contributed by atoms with Gasteiger partial charge in [0, 0.05) is 35.5 Å². The average Bonchev–Trinajstić information content (AvgIpc) is 2.92. The van der Waals surface area contributed by atoms with E-state index in [9.17, 15) is 0 Å². The molecule has 0 spiro atoms. The third-order valence-electron chi connectivity index (χ3n) is 4.21. The summed E-state index contributed by atoms with van der Waals surface area (Å²) in [6.07, 6.45) is 0. The molecule has 142 valence electrons. The Labute approximate surface area is 178 Å². The summed E-state index contributed by atoms with van der Waals surface area (Å²) in [6, 6.07) is 20.5. The van der Waals surface area contributed by atoms with Gasteiger partial charge in [0.2, 0.25) is 5.79 Å². The van der Waals surface area contributed by atoms with Crippen molar-refractivity contribution in [2.24, 2.45) is 0 Å². The molecule has 0 unspecified atom stereocenters. The minimum Gasteiger partial charge on any atom is -0.344 e. The minimum absolute atomic E-state index is 0.481. The Morgan fingerprint density at radius 3 is 1.41 bits per heavy atom. The Hall–Kier alpha value is -0.880. The monoisotopic (exact) mass is 438 g/mol. The maximum absolute atomic E-state index is 6.71. The van der Waals surface area contributed by atoms with Crippen LogP contribution in [0.25, 0.3) is 0 Å². The minimum atomic E-state index is -1.22. The van der Waals surface area contributed by atoms with Crippen LogP contribution in [0.1, 0.15) is 11.1 Å². The Morgan fingerprint density at radius 2 is 1.07 bits per heavy atom. The van der Waals surface area contributed by atoms with Crippen molar-refractivity contribution in [3.05, 3.63) is 91.7 Å². The number of hydrogen-bond donors (Lipinski definition) is 0. The molecule has 2 nitrogen and oxygen atoms in total. The highest BCUT2D eigenvalue weighted by molar-refractivity contribution is 8.07. The molecule has 2 aromatic rings. The van der Waals surface area contributed by atoms with Crippen molar-refractivity contribution in [2.45, 2.75) is 17.3 Å². The van der Waals surface area contributed by atoms with Crippen molar-refractivity contribution in [1.82, 2.24) is 0 Å². The van der Waals surface area contributed by atoms with Crippen LogP contribution < -0.4 is 0 Å². The van der Waals surface area contributed by atoms with Gasteiger partial charge in [0.25, 0.3) is 0 Å². The largest absolute Gasteiger partial charge is 0.344 e. The zero-order chi connectivity index (χ0) is 19.3. The number of hydrogen-bond acceptors (Lipinski definition) is 4. The van der Waals surface area contributed by atoms with Gasteiger partial charge in [-0.2, -0.15) is 0 Å². The topological polar surface area (TPSA) is 18.5 Å². The molecular formula is C21H20Cl2O2S2. The summed E-state index contributed by atoms with van der Waals surface area (Å²) in [5.41, 5.74) is 2.44. The maximum atomic E-state index is 6.71. The lowest BCUT2D eigenvalue weighted by Crippen LogP contribution is -2.33. The van der Waals surface area contributed by atoms with Crippen LogP contribution in [-0.2, 0) is 21.0 Å². The van der Waals surface area contributed by atoms with E-state index in [0.29, 0.717) is 10.1 Å². The van der Waals surface area contributed by atoms with E-state index in [1.807, 2.05) is 36.4 Å². The van der Waals surface area contributed by atoms with E-state index in [4.69, 9.17) is 32.7 Å². The predicted molar refractivity (Wildman–Crippen MR) is 118 cm³/mol. The molecule has 0 amide bonds. The van der Waals surface area contributed by atoms with Gasteiger partial charge in [-0.1, -0.05) is 83.9 Å². The molecule has 0 aromatic heterocycles. The number of thioether (sulfide) groups is 2. The van der Waals surface area contributed by atoms with Crippen molar-refractivity contribution in [1.29, 1.82) is 0 Å². The van der Waals surface area contributed by atoms with Gasteiger partial charge < -0.3 is 9.47 Å². The molecule has 1 aliphatic rings. The van der Waals surface area contributed by atoms with Crippen molar-refractivity contribution in [3.8, 4) is 0 Å². The van der Waals surface area contributed by atoms with E-state index in [-0.39, 0.29) is 0 Å². The van der Waals surface area contributed by atoms with E-state index in [2.05, 4.69) is 24.3 Å². The van der Waals surface area contributed by atoms with Gasteiger partial charge in [0.15, 0.2) is 0 Å². The molecule has 3 rings (SSSR count). The lowest BCUT2D eigenvalue weighted by Gasteiger charge is -2.26. The molecule has 0 fully saturated rings. The number of rotatable bonds is 8. The number of methoxy groups -OCH3 is 2. The summed E-state index contributed by atoms with van der Waals surface area (Å²) >= 11 is 16.7. The normalized spacial score (nSPS) is 16.3. The smallest absolute Gasteiger partial charge is 0.245 e. The number of halogens is 2. The van der Waals surface area contributed by atoms with Gasteiger partial charge in [-0.05, 0) is 11.1 Å². The van der Waals surface area contributed by atoms with Crippen LogP contribution in [0, 0.1) is 0 Å². The third-order valence-corrected chi connectivity index (χ3v) is 7.79. The van der Waals surface area contributed by atoms with Crippen LogP contribution in [-0.4, -0.2) is 20.0 Å². The van der Waals surface area contributed by atoms with Crippen LogP contribution in [0.2, 0.25) is 0 Å². The first-order chi connectivity index (χ1) is 13.1. The molecule has 6 heteroatoms. The molecule has 0 heterocycles. The molecular weight excluding hydrogens is 419 g/mol. The van der Waals surface area contributed by atoms with Crippen molar-refractivity contribution in [2.75, 3.05) is 14.2 Å². The van der Waals surface area contributed by atoms with Crippen LogP contribution in [0.5, 0.6) is 0 Å². The zero-order valence-corrected chi connectivity index (χ0v) is 18.2. The van der Waals surface area contributed by atoms with Crippen LogP contribution in [0.3, 0.4) is 0 Å². The molecule has 0 bridgehead atoms. The summed E-state index contributed by atoms with van der Waals surface area (Å²) in [5.74, 6) is 0.353. The third kappa shape index (κ3) is 4.42. The Kier molecular flexibility index (Phi) is 7.37. The quantitative estimate of drug-likeness (QED) is 0.423. The summed E-state index contributed by atoms with van der Waals surface area (Å²) in [4.78, 5) is 1.82. The van der Waals surface area contributed by atoms with Crippen molar-refractivity contribution >= 4 is 46.7 Å². The highest BCUT2D eigenvalue weighted by Gasteiger charge is 2.47. The summed E-state index contributed by atoms with van der Waals surface area (Å²) < 4.78 is 11.2. The van der Waals surface area contributed by atoms with E-state index in [0.717, 1.165) is 21.3 Å². The van der Waals surface area contributed by atoms with Gasteiger partial charge in [-0.25, -0.2) is 0 Å².